The van der Waals surface area contributed by atoms with Crippen LogP contribution in [-0.2, 0) is 38.4 Å². The summed E-state index contributed by atoms with van der Waals surface area (Å²) in [6, 6.07) is -5.68. The maximum Gasteiger partial charge on any atom is 0.305 e. The minimum Gasteiger partial charge on any atom is -0.481 e. The van der Waals surface area contributed by atoms with Crippen LogP contribution in [0.25, 0.3) is 0 Å². The molecule has 0 aromatic heterocycles. The predicted molar refractivity (Wildman–Crippen MR) is 127 cm³/mol. The standard InChI is InChI=1S/C23H34N4O11/c1-10(2)19(23(38)26-14(8-17(31)32)20(35)12-4-5-12)27-21(36)13(6-7-16(29)30)25-22(37)15(9-18(33)34)24-11(3)28/h10,12-15,19H,4-9H2,1-3H3,(H,24,28)(H,25,37)(H,26,38)(H,27,36)(H,29,30)(H,31,32)(H,33,34)/t13-,14-,15-,19-/m0/s1. The second-order valence-electron chi connectivity index (χ2n) is 9.41. The Morgan fingerprint density at radius 1 is 0.684 bits per heavy atom. The maximum atomic E-state index is 13.0. The molecule has 0 bridgehead atoms. The summed E-state index contributed by atoms with van der Waals surface area (Å²) in [5, 5.41) is 36.3. The van der Waals surface area contributed by atoms with E-state index in [2.05, 4.69) is 21.3 Å². The number of amides is 4. The zero-order valence-electron chi connectivity index (χ0n) is 21.3. The van der Waals surface area contributed by atoms with Crippen LogP contribution in [0.1, 0.15) is 59.3 Å². The molecule has 4 atom stereocenters. The van der Waals surface area contributed by atoms with Crippen LogP contribution in [0.5, 0.6) is 0 Å². The lowest BCUT2D eigenvalue weighted by Gasteiger charge is -2.27. The van der Waals surface area contributed by atoms with Crippen LogP contribution in [0.2, 0.25) is 0 Å². The Balaban J connectivity index is 3.06. The lowest BCUT2D eigenvalue weighted by atomic mass is 9.99. The summed E-state index contributed by atoms with van der Waals surface area (Å²) >= 11 is 0. The summed E-state index contributed by atoms with van der Waals surface area (Å²) < 4.78 is 0. The van der Waals surface area contributed by atoms with Gasteiger partial charge in [-0.1, -0.05) is 13.8 Å². The fraction of sp³-hybridized carbons (Fsp3) is 0.652. The van der Waals surface area contributed by atoms with Crippen molar-refractivity contribution in [3.63, 3.8) is 0 Å². The van der Waals surface area contributed by atoms with Crippen LogP contribution in [-0.4, -0.2) is 86.8 Å². The average Bonchev–Trinajstić information content (AvgIpc) is 3.62. The predicted octanol–water partition coefficient (Wildman–Crippen LogP) is -1.61. The number of Topliss-reactive ketones (excluding diaryl/α,β-unsaturated/α-hetero) is 1. The first-order valence-electron chi connectivity index (χ1n) is 12.0. The Morgan fingerprint density at radius 3 is 1.63 bits per heavy atom. The SMILES string of the molecule is CC(=O)N[C@@H](CC(=O)O)C(=O)N[C@@H](CCC(=O)O)C(=O)N[C@H](C(=O)N[C@@H](CC(=O)O)C(=O)C1CC1)C(C)C. The summed E-state index contributed by atoms with van der Waals surface area (Å²) in [4.78, 5) is 95.8. The van der Waals surface area contributed by atoms with Crippen LogP contribution in [0.15, 0.2) is 0 Å². The zero-order valence-corrected chi connectivity index (χ0v) is 21.3. The van der Waals surface area contributed by atoms with Crippen molar-refractivity contribution in [2.75, 3.05) is 0 Å². The van der Waals surface area contributed by atoms with Gasteiger partial charge in [0.15, 0.2) is 5.78 Å². The van der Waals surface area contributed by atoms with E-state index in [-0.39, 0.29) is 5.92 Å². The molecule has 0 heterocycles. The quantitative estimate of drug-likeness (QED) is 0.110. The Morgan fingerprint density at radius 2 is 1.18 bits per heavy atom. The number of hydrogen-bond acceptors (Lipinski definition) is 8. The number of nitrogens with one attached hydrogen (secondary N) is 4. The lowest BCUT2D eigenvalue weighted by molar-refractivity contribution is -0.142. The minimum absolute atomic E-state index is 0.343. The molecule has 4 amide bonds. The highest BCUT2D eigenvalue weighted by Gasteiger charge is 2.38. The maximum absolute atomic E-state index is 13.0. The molecule has 7 N–H and O–H groups in total. The van der Waals surface area contributed by atoms with E-state index < -0.39 is 103 Å². The first kappa shape index (κ1) is 32.0. The molecule has 15 heteroatoms. The van der Waals surface area contributed by atoms with Crippen LogP contribution in [0.4, 0.5) is 0 Å². The number of carbonyl (C=O) groups is 8. The Bertz CT molecular complexity index is 945. The molecule has 0 radical (unpaired) electrons. The third-order valence-corrected chi connectivity index (χ3v) is 5.62. The molecule has 0 aromatic rings. The molecule has 1 aliphatic carbocycles. The van der Waals surface area contributed by atoms with Crippen molar-refractivity contribution in [2.24, 2.45) is 11.8 Å². The van der Waals surface area contributed by atoms with Crippen LogP contribution >= 0.6 is 0 Å². The number of carboxylic acid groups (broad SMARTS) is 3. The van der Waals surface area contributed by atoms with E-state index in [1.807, 2.05) is 0 Å². The molecule has 0 spiro atoms. The van der Waals surface area contributed by atoms with Gasteiger partial charge in [0, 0.05) is 19.3 Å². The van der Waals surface area contributed by atoms with Gasteiger partial charge in [-0.3, -0.25) is 38.4 Å². The molecule has 0 unspecified atom stereocenters. The molecule has 38 heavy (non-hydrogen) atoms. The Labute approximate surface area is 218 Å². The van der Waals surface area contributed by atoms with E-state index in [1.54, 1.807) is 13.8 Å². The smallest absolute Gasteiger partial charge is 0.305 e. The highest BCUT2D eigenvalue weighted by atomic mass is 16.4. The lowest BCUT2D eigenvalue weighted by Crippen LogP contribution is -2.59. The molecule has 212 valence electrons. The number of hydrogen-bond donors (Lipinski definition) is 7. The third kappa shape index (κ3) is 11.3. The molecule has 1 fully saturated rings. The number of aliphatic carboxylic acids is 3. The van der Waals surface area contributed by atoms with Crippen molar-refractivity contribution in [3.05, 3.63) is 0 Å². The molecule has 0 aliphatic heterocycles. The van der Waals surface area contributed by atoms with E-state index in [4.69, 9.17) is 15.3 Å². The van der Waals surface area contributed by atoms with E-state index >= 15 is 0 Å². The molecule has 1 rings (SSSR count). The molecular weight excluding hydrogens is 508 g/mol. The van der Waals surface area contributed by atoms with Gasteiger partial charge in [-0.25, -0.2) is 0 Å². The highest BCUT2D eigenvalue weighted by molar-refractivity contribution is 5.98. The number of carbonyl (C=O) groups excluding carboxylic acids is 5. The molecule has 1 saturated carbocycles. The van der Waals surface area contributed by atoms with Gasteiger partial charge < -0.3 is 36.6 Å². The van der Waals surface area contributed by atoms with Gasteiger partial charge in [-0.2, -0.15) is 0 Å². The third-order valence-electron chi connectivity index (χ3n) is 5.62. The van der Waals surface area contributed by atoms with Crippen LogP contribution in [0, 0.1) is 11.8 Å². The monoisotopic (exact) mass is 542 g/mol. The second-order valence-corrected chi connectivity index (χ2v) is 9.41. The Hall–Kier alpha value is -4.04. The van der Waals surface area contributed by atoms with Gasteiger partial charge in [0.1, 0.15) is 18.1 Å². The summed E-state index contributed by atoms with van der Waals surface area (Å²) in [5.41, 5.74) is 0. The molecule has 15 nitrogen and oxygen atoms in total. The summed E-state index contributed by atoms with van der Waals surface area (Å²) in [6.07, 6.45) is -1.29. The van der Waals surface area contributed by atoms with Crippen molar-refractivity contribution in [1.82, 2.24) is 21.3 Å². The molecule has 0 saturated heterocycles. The highest BCUT2D eigenvalue weighted by Crippen LogP contribution is 2.31. The number of ketones is 1. The molecular formula is C23H34N4O11. The van der Waals surface area contributed by atoms with Gasteiger partial charge in [0.25, 0.3) is 0 Å². The van der Waals surface area contributed by atoms with Crippen LogP contribution < -0.4 is 21.3 Å². The summed E-state index contributed by atoms with van der Waals surface area (Å²) in [5.74, 6) is -8.97. The van der Waals surface area contributed by atoms with Crippen molar-refractivity contribution in [1.29, 1.82) is 0 Å². The Kier molecular flexibility index (Phi) is 12.3. The van der Waals surface area contributed by atoms with Crippen LogP contribution in [0.3, 0.4) is 0 Å². The van der Waals surface area contributed by atoms with Crippen molar-refractivity contribution < 1.29 is 53.7 Å². The van der Waals surface area contributed by atoms with E-state index in [9.17, 15) is 38.4 Å². The van der Waals surface area contributed by atoms with Crippen molar-refractivity contribution >= 4 is 47.3 Å². The first-order valence-corrected chi connectivity index (χ1v) is 12.0. The van der Waals surface area contributed by atoms with Crippen molar-refractivity contribution in [2.45, 2.75) is 83.5 Å². The van der Waals surface area contributed by atoms with E-state index in [1.165, 1.54) is 0 Å². The molecule has 1 aliphatic rings. The normalized spacial score (nSPS) is 15.8. The van der Waals surface area contributed by atoms with Gasteiger partial charge in [-0.15, -0.1) is 0 Å². The van der Waals surface area contributed by atoms with Crippen molar-refractivity contribution in [3.8, 4) is 0 Å². The van der Waals surface area contributed by atoms with Gasteiger partial charge in [-0.05, 0) is 25.2 Å². The van der Waals surface area contributed by atoms with Gasteiger partial charge in [0.05, 0.1) is 18.9 Å². The average molecular weight is 543 g/mol. The fourth-order valence-corrected chi connectivity index (χ4v) is 3.54. The fourth-order valence-electron chi connectivity index (χ4n) is 3.54. The second kappa shape index (κ2) is 14.6. The number of rotatable bonds is 17. The van der Waals surface area contributed by atoms with E-state index in [0.717, 1.165) is 6.92 Å². The summed E-state index contributed by atoms with van der Waals surface area (Å²) in [6.45, 7) is 4.17. The minimum atomic E-state index is -1.56. The van der Waals surface area contributed by atoms with E-state index in [0.29, 0.717) is 12.8 Å². The van der Waals surface area contributed by atoms with Gasteiger partial charge in [0.2, 0.25) is 23.6 Å². The zero-order chi connectivity index (χ0) is 29.2. The van der Waals surface area contributed by atoms with Gasteiger partial charge >= 0.3 is 17.9 Å². The molecule has 0 aromatic carbocycles. The number of carboxylic acids is 3. The largest absolute Gasteiger partial charge is 0.481 e. The summed E-state index contributed by atoms with van der Waals surface area (Å²) in [7, 11) is 0. The topological polar surface area (TPSA) is 245 Å². The first-order chi connectivity index (χ1) is 17.6.